The van der Waals surface area contributed by atoms with Crippen LogP contribution in [0.3, 0.4) is 0 Å². The largest absolute Gasteiger partial charge is 0.573 e. The zero-order valence-electron chi connectivity index (χ0n) is 79.0. The van der Waals surface area contributed by atoms with Crippen LogP contribution in [0.15, 0.2) is 343 Å². The number of halogens is 6. The van der Waals surface area contributed by atoms with Crippen molar-refractivity contribution in [2.45, 2.75) is 101 Å². The number of aromatic hydroxyl groups is 3. The van der Waals surface area contributed by atoms with E-state index in [1.165, 1.54) is 90.9 Å². The number of fused-ring (bicyclic) bond motifs is 2. The number of allylic oxidation sites excluding steroid dienone is 2. The summed E-state index contributed by atoms with van der Waals surface area (Å²) in [4.78, 5) is 26.4. The molecule has 19 aromatic rings. The maximum Gasteiger partial charge on any atom is 0.573 e. The van der Waals surface area contributed by atoms with Crippen LogP contribution in [-0.4, -0.2) is 121 Å². The summed E-state index contributed by atoms with van der Waals surface area (Å²) in [7, 11) is 1.62. The van der Waals surface area contributed by atoms with Gasteiger partial charge in [-0.2, -0.15) is 43.1 Å². The van der Waals surface area contributed by atoms with Gasteiger partial charge < -0.3 is 81.3 Å². The first kappa shape index (κ1) is 98.5. The van der Waals surface area contributed by atoms with Crippen molar-refractivity contribution >= 4 is 17.8 Å². The quantitative estimate of drug-likeness (QED) is 0.0362. The first-order valence-corrected chi connectivity index (χ1v) is 47.2. The molecular weight excluding hydrogens is 1910 g/mol. The number of alkyl halides is 6. The molecule has 1 unspecified atom stereocenters. The summed E-state index contributed by atoms with van der Waals surface area (Å²) in [5.74, 6) is 9.72. The Morgan fingerprint density at radius 3 is 0.885 bits per heavy atom. The molecule has 0 spiro atoms. The van der Waals surface area contributed by atoms with Crippen molar-refractivity contribution in [2.24, 2.45) is 0 Å². The van der Waals surface area contributed by atoms with E-state index < -0.39 is 18.1 Å². The number of hydrogen-bond donors (Lipinski definition) is 4. The number of phenolic OH excluding ortho intramolecular Hbond substituents is 3. The van der Waals surface area contributed by atoms with Gasteiger partial charge in [-0.25, -0.2) is 0 Å². The van der Waals surface area contributed by atoms with Gasteiger partial charge in [-0.05, 0) is 378 Å². The van der Waals surface area contributed by atoms with Crippen molar-refractivity contribution in [3.05, 3.63) is 343 Å². The molecule has 7 heterocycles. The summed E-state index contributed by atoms with van der Waals surface area (Å²) < 4.78 is 144. The van der Waals surface area contributed by atoms with Crippen molar-refractivity contribution in [3.8, 4) is 195 Å². The number of methoxy groups -OCH3 is 1. The molecule has 1 atom stereocenters. The second-order valence-corrected chi connectivity index (χ2v) is 34.5. The molecule has 35 heteroatoms. The van der Waals surface area contributed by atoms with Crippen LogP contribution in [0.4, 0.5) is 32.0 Å². The Morgan fingerprint density at radius 2 is 0.581 bits per heavy atom. The van der Waals surface area contributed by atoms with Crippen LogP contribution in [0.5, 0.6) is 57.5 Å². The highest BCUT2D eigenvalue weighted by Crippen LogP contribution is 2.39. The van der Waals surface area contributed by atoms with Crippen molar-refractivity contribution in [1.82, 2.24) is 60.8 Å². The molecule has 24 rings (SSSR count). The van der Waals surface area contributed by atoms with E-state index in [0.29, 0.717) is 106 Å². The van der Waals surface area contributed by atoms with Gasteiger partial charge in [0.25, 0.3) is 35.3 Å². The Bertz CT molecular complexity index is 7520. The van der Waals surface area contributed by atoms with E-state index in [9.17, 15) is 41.7 Å². The summed E-state index contributed by atoms with van der Waals surface area (Å²) in [6, 6.07) is 86.5. The minimum absolute atomic E-state index is 0.105. The van der Waals surface area contributed by atoms with Gasteiger partial charge in [0.15, 0.2) is 0 Å². The van der Waals surface area contributed by atoms with Crippen LogP contribution >= 0.6 is 0 Å². The van der Waals surface area contributed by atoms with Crippen molar-refractivity contribution in [2.75, 3.05) is 26.1 Å². The monoisotopic (exact) mass is 2000 g/mol. The third-order valence-electron chi connectivity index (χ3n) is 24.1. The fraction of sp³-hybridized carbons (Fsp3) is 0.168. The molecule has 3 fully saturated rings. The highest BCUT2D eigenvalue weighted by Gasteiger charge is 2.33. The zero-order chi connectivity index (χ0) is 102. The lowest BCUT2D eigenvalue weighted by molar-refractivity contribution is -0.274. The van der Waals surface area contributed by atoms with Gasteiger partial charge in [-0.1, -0.05) is 67.4 Å². The van der Waals surface area contributed by atoms with Gasteiger partial charge >= 0.3 is 12.5 Å². The maximum absolute atomic E-state index is 12.7. The molecule has 0 amide bonds. The van der Waals surface area contributed by atoms with Gasteiger partial charge in [-0.3, -0.25) is 0 Å². The third-order valence-corrected chi connectivity index (χ3v) is 24.1. The molecule has 0 bridgehead atoms. The first-order valence-electron chi connectivity index (χ1n) is 47.2. The minimum atomic E-state index is -4.74. The smallest absolute Gasteiger partial charge is 0.508 e. The van der Waals surface area contributed by atoms with Crippen molar-refractivity contribution in [3.63, 3.8) is 0 Å². The lowest BCUT2D eigenvalue weighted by Crippen LogP contribution is -2.16. The number of ether oxygens (including phenoxy) is 7. The molecule has 2 saturated carbocycles. The summed E-state index contributed by atoms with van der Waals surface area (Å²) in [6.45, 7) is 1.40. The second kappa shape index (κ2) is 45.5. The van der Waals surface area contributed by atoms with Gasteiger partial charge in [0.2, 0.25) is 34.9 Å². The normalized spacial score (nSPS) is 13.9. The van der Waals surface area contributed by atoms with E-state index in [4.69, 9.17) is 61.3 Å². The molecule has 1 saturated heterocycles. The van der Waals surface area contributed by atoms with E-state index in [2.05, 4.69) is 108 Å². The minimum Gasteiger partial charge on any atom is -0.508 e. The number of anilines is 1. The number of aromatic nitrogens is 12. The van der Waals surface area contributed by atoms with Crippen LogP contribution in [0.25, 0.3) is 149 Å². The molecule has 6 aromatic heterocycles. The molecule has 746 valence electrons. The van der Waals surface area contributed by atoms with E-state index in [1.807, 2.05) is 140 Å². The standard InChI is InChI=1S/C24H15F3N2O2.C22H20N2O2.C19H19N3O2.C18H16N2O4.C15H9F3N2O3.C15H12N2O3/c25-24(26,27)19-8-12-21(13-9-19)30-20-10-6-16(7-11-20)22-28-23(31-29-22)18-5-4-15-2-1-3-17(15)14-18;1-2-7-19(6-1)25-20-12-10-16(11-13-20)21-23-22(26-24-21)18-9-8-15-4-3-5-17(15)14-18;20-15-9-5-14(6-10-15)19-21-18(22-24-19)13-7-11-17(12-8-13)23-16-3-1-2-4-16;21-14-5-1-13(2-6-14)18-19-17(20-24-18)12-3-7-15(8-4-12)23-16-9-10-22-11-16;16-15(17,18)22-12-7-3-9(4-8-12)13-19-14(23-20-13)10-1-5-11(21)6-2-10;1-19-13-8-4-10(5-9-13)14-16-15(20-17-14)11-2-6-12(18)7-3-11/h1,3-14H,2H2;3,5,8-14,19H,1-2,4,6-7H2;5-12,16H,1-4,20H2;1-8,16,21H,9-11H2;1-8,21H;2-9,18H,1H3. The fourth-order valence-electron chi connectivity index (χ4n) is 16.3. The van der Waals surface area contributed by atoms with Crippen molar-refractivity contribution in [1.29, 1.82) is 0 Å². The van der Waals surface area contributed by atoms with Crippen LogP contribution in [0, 0.1) is 0 Å². The van der Waals surface area contributed by atoms with E-state index >= 15 is 0 Å². The topological polar surface area (TPSA) is 385 Å². The molecule has 29 nitrogen and oxygen atoms in total. The predicted molar refractivity (Wildman–Crippen MR) is 536 cm³/mol. The molecule has 1 aliphatic heterocycles. The molecular formula is C113H91F6N13O16. The SMILES string of the molecule is C1=Cc2cc(-c3nc(-c4ccc(OC5CCCC5)cc4)no3)ccc2C1.COc1ccc(-c2noc(-c3ccc(O)cc3)n2)cc1.FC(F)(F)c1ccc(Oc2ccc(-c3noc(-c4ccc5c(c4)C=CC5)n3)cc2)cc1.Nc1ccc(-c2nc(-c3ccc(OC4CCCC4)cc3)no2)cc1.Oc1ccc(-c2nc(-c3ccc(OC(F)(F)F)cc3)no2)cc1.Oc1ccc(-c2nc(-c3ccc(OC4CCOC4)cc3)no2)cc1. The molecule has 148 heavy (non-hydrogen) atoms. The predicted octanol–water partition coefficient (Wildman–Crippen LogP) is 26.8. The zero-order valence-corrected chi connectivity index (χ0v) is 79.0. The van der Waals surface area contributed by atoms with Crippen LogP contribution < -0.4 is 34.2 Å². The van der Waals surface area contributed by atoms with Crippen molar-refractivity contribution < 1.29 is 102 Å². The number of nitrogens with zero attached hydrogens (tertiary/aromatic N) is 12. The highest BCUT2D eigenvalue weighted by atomic mass is 19.4. The number of benzene rings is 13. The number of hydrogen-bond acceptors (Lipinski definition) is 29. The Balaban J connectivity index is 0.000000112. The Kier molecular flexibility index (Phi) is 30.3. The Morgan fingerprint density at radius 1 is 0.304 bits per heavy atom. The van der Waals surface area contributed by atoms with Crippen LogP contribution in [0.1, 0.15) is 85.6 Å². The summed E-state index contributed by atoms with van der Waals surface area (Å²) in [5, 5.41) is 51.8. The van der Waals surface area contributed by atoms with Gasteiger partial charge in [0.1, 0.15) is 63.6 Å². The third kappa shape index (κ3) is 25.8. The van der Waals surface area contributed by atoms with Gasteiger partial charge in [-0.15, -0.1) is 13.2 Å². The van der Waals surface area contributed by atoms with E-state index in [-0.39, 0.29) is 40.8 Å². The number of rotatable bonds is 22. The lowest BCUT2D eigenvalue weighted by atomic mass is 10.1. The average molecular weight is 2000 g/mol. The average Bonchev–Trinajstić information content (AvgIpc) is 1.76. The molecule has 13 aromatic carbocycles. The number of phenols is 3. The Labute approximate surface area is 841 Å². The number of nitrogens with two attached hydrogens (primary N) is 1. The molecule has 5 N–H and O–H groups in total. The molecule has 0 radical (unpaired) electrons. The maximum atomic E-state index is 12.7. The Hall–Kier alpha value is -18.3. The van der Waals surface area contributed by atoms with Gasteiger partial charge in [0.05, 0.1) is 38.1 Å². The highest BCUT2D eigenvalue weighted by molar-refractivity contribution is 5.72. The van der Waals surface area contributed by atoms with Crippen LogP contribution in [-0.2, 0) is 23.8 Å². The number of nitrogen functional groups attached to an aromatic ring is 1. The summed E-state index contributed by atoms with van der Waals surface area (Å²) in [5.41, 5.74) is 20.2. The summed E-state index contributed by atoms with van der Waals surface area (Å²) in [6.07, 6.45) is 12.8. The lowest BCUT2D eigenvalue weighted by Gasteiger charge is -2.12. The summed E-state index contributed by atoms with van der Waals surface area (Å²) >= 11 is 0. The molecule has 4 aliphatic carbocycles. The van der Waals surface area contributed by atoms with Crippen LogP contribution in [0.2, 0.25) is 0 Å². The fourth-order valence-corrected chi connectivity index (χ4v) is 16.3. The first-order chi connectivity index (χ1) is 72.0. The van der Waals surface area contributed by atoms with E-state index in [1.54, 1.807) is 92.0 Å². The second-order valence-electron chi connectivity index (χ2n) is 34.5. The van der Waals surface area contributed by atoms with Gasteiger partial charge in [0, 0.05) is 78.9 Å². The van der Waals surface area contributed by atoms with E-state index in [0.717, 1.165) is 148 Å². The molecule has 5 aliphatic rings.